The Bertz CT molecular complexity index is 768. The van der Waals surface area contributed by atoms with E-state index in [0.717, 1.165) is 4.90 Å². The molecule has 0 aliphatic carbocycles. The summed E-state index contributed by atoms with van der Waals surface area (Å²) in [6.07, 6.45) is 0. The summed E-state index contributed by atoms with van der Waals surface area (Å²) in [6, 6.07) is 18.7. The van der Waals surface area contributed by atoms with Gasteiger partial charge in [-0.25, -0.2) is 0 Å². The standard InChI is InChI=1S/C18H17NOS2/c1-19(12-17-7-4-10-21-17)18(20)13-22-16-9-8-14-5-2-3-6-15(14)11-16/h2-11H,12-13H2,1H3. The number of amides is 1. The molecule has 2 nitrogen and oxygen atoms in total. The van der Waals surface area contributed by atoms with E-state index in [1.807, 2.05) is 30.6 Å². The van der Waals surface area contributed by atoms with Crippen molar-refractivity contribution in [3.63, 3.8) is 0 Å². The Balaban J connectivity index is 1.59. The number of fused-ring (bicyclic) bond motifs is 1. The van der Waals surface area contributed by atoms with Crippen LogP contribution in [0.3, 0.4) is 0 Å². The summed E-state index contributed by atoms with van der Waals surface area (Å²) in [7, 11) is 1.86. The molecule has 1 heterocycles. The Kier molecular flexibility index (Phi) is 4.80. The number of rotatable bonds is 5. The van der Waals surface area contributed by atoms with Crippen LogP contribution in [0.2, 0.25) is 0 Å². The molecule has 0 fully saturated rings. The van der Waals surface area contributed by atoms with Gasteiger partial charge in [-0.3, -0.25) is 4.79 Å². The monoisotopic (exact) mass is 327 g/mol. The number of hydrogen-bond donors (Lipinski definition) is 0. The largest absolute Gasteiger partial charge is 0.340 e. The van der Waals surface area contributed by atoms with Gasteiger partial charge < -0.3 is 4.90 Å². The zero-order chi connectivity index (χ0) is 15.4. The number of thioether (sulfide) groups is 1. The summed E-state index contributed by atoms with van der Waals surface area (Å²) < 4.78 is 0. The van der Waals surface area contributed by atoms with Crippen LogP contribution in [0.15, 0.2) is 64.9 Å². The molecular weight excluding hydrogens is 310 g/mol. The Morgan fingerprint density at radius 3 is 2.68 bits per heavy atom. The number of carbonyl (C=O) groups is 1. The Labute approximate surface area is 138 Å². The molecule has 3 rings (SSSR count). The van der Waals surface area contributed by atoms with Crippen molar-refractivity contribution in [2.24, 2.45) is 0 Å². The minimum Gasteiger partial charge on any atom is -0.340 e. The molecule has 0 saturated carbocycles. The van der Waals surface area contributed by atoms with Gasteiger partial charge in [-0.15, -0.1) is 23.1 Å². The average Bonchev–Trinajstić information content (AvgIpc) is 3.05. The van der Waals surface area contributed by atoms with Crippen molar-refractivity contribution in [3.8, 4) is 0 Å². The molecule has 0 bridgehead atoms. The normalized spacial score (nSPS) is 10.8. The van der Waals surface area contributed by atoms with E-state index in [2.05, 4.69) is 36.4 Å². The molecule has 22 heavy (non-hydrogen) atoms. The molecule has 0 saturated heterocycles. The minimum absolute atomic E-state index is 0.159. The van der Waals surface area contributed by atoms with Gasteiger partial charge in [-0.2, -0.15) is 0 Å². The molecule has 0 atom stereocenters. The fourth-order valence-corrected chi connectivity index (χ4v) is 3.88. The van der Waals surface area contributed by atoms with Crippen LogP contribution in [0.1, 0.15) is 4.88 Å². The van der Waals surface area contributed by atoms with Gasteiger partial charge in [-0.1, -0.05) is 36.4 Å². The van der Waals surface area contributed by atoms with Crippen molar-refractivity contribution in [2.75, 3.05) is 12.8 Å². The van der Waals surface area contributed by atoms with E-state index < -0.39 is 0 Å². The van der Waals surface area contributed by atoms with E-state index in [1.54, 1.807) is 28.0 Å². The van der Waals surface area contributed by atoms with Crippen molar-refractivity contribution >= 4 is 39.8 Å². The second-order valence-corrected chi connectivity index (χ2v) is 7.21. The van der Waals surface area contributed by atoms with Gasteiger partial charge in [0.05, 0.1) is 12.3 Å². The predicted octanol–water partition coefficient (Wildman–Crippen LogP) is 4.65. The van der Waals surface area contributed by atoms with Crippen LogP contribution in [-0.4, -0.2) is 23.6 Å². The van der Waals surface area contributed by atoms with Gasteiger partial charge in [0.15, 0.2) is 0 Å². The first kappa shape index (κ1) is 15.1. The maximum atomic E-state index is 12.2. The van der Waals surface area contributed by atoms with Gasteiger partial charge in [0, 0.05) is 16.8 Å². The molecule has 0 spiro atoms. The van der Waals surface area contributed by atoms with E-state index in [1.165, 1.54) is 15.6 Å². The van der Waals surface area contributed by atoms with Crippen LogP contribution in [0.4, 0.5) is 0 Å². The van der Waals surface area contributed by atoms with Gasteiger partial charge in [-0.05, 0) is 34.4 Å². The third-order valence-corrected chi connectivity index (χ3v) is 5.32. The second-order valence-electron chi connectivity index (χ2n) is 5.13. The van der Waals surface area contributed by atoms with Gasteiger partial charge in [0.2, 0.25) is 5.91 Å². The van der Waals surface area contributed by atoms with Gasteiger partial charge >= 0.3 is 0 Å². The minimum atomic E-state index is 0.159. The molecular formula is C18H17NOS2. The third-order valence-electron chi connectivity index (χ3n) is 3.48. The SMILES string of the molecule is CN(Cc1cccs1)C(=O)CSc1ccc2ccccc2c1. The average molecular weight is 327 g/mol. The van der Waals surface area contributed by atoms with Crippen LogP contribution < -0.4 is 0 Å². The Hall–Kier alpha value is -1.78. The predicted molar refractivity (Wildman–Crippen MR) is 95.5 cm³/mol. The number of benzene rings is 2. The van der Waals surface area contributed by atoms with Gasteiger partial charge in [0.1, 0.15) is 0 Å². The first-order valence-electron chi connectivity index (χ1n) is 7.10. The summed E-state index contributed by atoms with van der Waals surface area (Å²) in [6.45, 7) is 0.689. The van der Waals surface area contributed by atoms with Gasteiger partial charge in [0.25, 0.3) is 0 Å². The first-order valence-corrected chi connectivity index (χ1v) is 8.97. The highest BCUT2D eigenvalue weighted by atomic mass is 32.2. The zero-order valence-electron chi connectivity index (χ0n) is 12.4. The van der Waals surface area contributed by atoms with Crippen molar-refractivity contribution in [2.45, 2.75) is 11.4 Å². The molecule has 1 amide bonds. The molecule has 0 radical (unpaired) electrons. The number of carbonyl (C=O) groups excluding carboxylic acids is 1. The van der Waals surface area contributed by atoms with Crippen LogP contribution in [0.5, 0.6) is 0 Å². The summed E-state index contributed by atoms with van der Waals surface area (Å²) in [4.78, 5) is 16.4. The molecule has 1 aromatic heterocycles. The summed E-state index contributed by atoms with van der Waals surface area (Å²) in [5.41, 5.74) is 0. The van der Waals surface area contributed by atoms with Crippen molar-refractivity contribution in [3.05, 3.63) is 64.9 Å². The summed E-state index contributed by atoms with van der Waals surface area (Å²) >= 11 is 3.28. The number of thiophene rings is 1. The first-order chi connectivity index (χ1) is 10.7. The highest BCUT2D eigenvalue weighted by Gasteiger charge is 2.10. The lowest BCUT2D eigenvalue weighted by atomic mass is 10.1. The van der Waals surface area contributed by atoms with Crippen LogP contribution >= 0.6 is 23.1 Å². The zero-order valence-corrected chi connectivity index (χ0v) is 14.0. The summed E-state index contributed by atoms with van der Waals surface area (Å²) in [5, 5.41) is 4.48. The van der Waals surface area contributed by atoms with E-state index in [4.69, 9.17) is 0 Å². The lowest BCUT2D eigenvalue weighted by Gasteiger charge is -2.16. The van der Waals surface area contributed by atoms with Crippen molar-refractivity contribution in [1.82, 2.24) is 4.90 Å². The molecule has 0 aliphatic rings. The van der Waals surface area contributed by atoms with E-state index in [-0.39, 0.29) is 5.91 Å². The van der Waals surface area contributed by atoms with Crippen molar-refractivity contribution < 1.29 is 4.79 Å². The Morgan fingerprint density at radius 2 is 1.91 bits per heavy atom. The highest BCUT2D eigenvalue weighted by Crippen LogP contribution is 2.24. The lowest BCUT2D eigenvalue weighted by molar-refractivity contribution is -0.127. The van der Waals surface area contributed by atoms with E-state index >= 15 is 0 Å². The second kappa shape index (κ2) is 6.99. The molecule has 112 valence electrons. The molecule has 0 N–H and O–H groups in total. The molecule has 0 unspecified atom stereocenters. The maximum Gasteiger partial charge on any atom is 0.233 e. The fourth-order valence-electron chi connectivity index (χ4n) is 2.24. The van der Waals surface area contributed by atoms with Crippen LogP contribution in [0.25, 0.3) is 10.8 Å². The Morgan fingerprint density at radius 1 is 1.09 bits per heavy atom. The number of nitrogens with zero attached hydrogens (tertiary/aromatic N) is 1. The summed E-state index contributed by atoms with van der Waals surface area (Å²) in [5.74, 6) is 0.631. The third kappa shape index (κ3) is 3.70. The van der Waals surface area contributed by atoms with E-state index in [9.17, 15) is 4.79 Å². The molecule has 0 aliphatic heterocycles. The van der Waals surface area contributed by atoms with E-state index in [0.29, 0.717) is 12.3 Å². The molecule has 3 aromatic rings. The quantitative estimate of drug-likeness (QED) is 0.636. The van der Waals surface area contributed by atoms with Crippen LogP contribution in [0, 0.1) is 0 Å². The topological polar surface area (TPSA) is 20.3 Å². The maximum absolute atomic E-state index is 12.2. The van der Waals surface area contributed by atoms with Crippen molar-refractivity contribution in [1.29, 1.82) is 0 Å². The number of hydrogen-bond acceptors (Lipinski definition) is 3. The van der Waals surface area contributed by atoms with Crippen LogP contribution in [-0.2, 0) is 11.3 Å². The smallest absolute Gasteiger partial charge is 0.233 e. The highest BCUT2D eigenvalue weighted by molar-refractivity contribution is 8.00. The molecule has 4 heteroatoms. The fraction of sp³-hybridized carbons (Fsp3) is 0.167. The molecule has 2 aromatic carbocycles. The lowest BCUT2D eigenvalue weighted by Crippen LogP contribution is -2.27.